The maximum absolute atomic E-state index is 4.54. The number of fused-ring (bicyclic) bond motifs is 1. The number of nitrogens with zero attached hydrogens (tertiary/aromatic N) is 4. The normalized spacial score (nSPS) is 25.7. The van der Waals surface area contributed by atoms with Crippen molar-refractivity contribution in [2.45, 2.75) is 63.2 Å². The Morgan fingerprint density at radius 2 is 1.82 bits per heavy atom. The van der Waals surface area contributed by atoms with E-state index >= 15 is 0 Å². The van der Waals surface area contributed by atoms with Crippen molar-refractivity contribution in [2.24, 2.45) is 0 Å². The van der Waals surface area contributed by atoms with Crippen LogP contribution in [0.5, 0.6) is 0 Å². The van der Waals surface area contributed by atoms with E-state index in [0.717, 1.165) is 25.5 Å². The topological polar surface area (TPSA) is 44.3 Å². The van der Waals surface area contributed by atoms with Crippen LogP contribution >= 0.6 is 0 Å². The van der Waals surface area contributed by atoms with Crippen molar-refractivity contribution in [1.82, 2.24) is 20.2 Å². The second-order valence-electron chi connectivity index (χ2n) is 8.51. The molecular weight excluding hydrogens is 346 g/mol. The summed E-state index contributed by atoms with van der Waals surface area (Å²) in [5.74, 6) is 0.775. The van der Waals surface area contributed by atoms with Crippen LogP contribution in [0.2, 0.25) is 0 Å². The zero-order chi connectivity index (χ0) is 19.3. The molecule has 1 N–H and O–H groups in total. The highest BCUT2D eigenvalue weighted by Crippen LogP contribution is 2.33. The predicted molar refractivity (Wildman–Crippen MR) is 114 cm³/mol. The first-order chi connectivity index (χ1) is 13.7. The van der Waals surface area contributed by atoms with E-state index in [1.165, 1.54) is 43.2 Å². The van der Waals surface area contributed by atoms with E-state index in [1.807, 2.05) is 31.4 Å². The van der Waals surface area contributed by atoms with Crippen molar-refractivity contribution in [2.75, 3.05) is 25.5 Å². The molecule has 2 fully saturated rings. The summed E-state index contributed by atoms with van der Waals surface area (Å²) < 4.78 is 0. The zero-order valence-electron chi connectivity index (χ0n) is 17.2. The van der Waals surface area contributed by atoms with Gasteiger partial charge in [-0.05, 0) is 37.8 Å². The average molecular weight is 380 g/mol. The fourth-order valence-electron chi connectivity index (χ4n) is 4.82. The van der Waals surface area contributed by atoms with E-state index in [-0.39, 0.29) is 0 Å². The molecule has 0 saturated carbocycles. The van der Waals surface area contributed by atoms with Gasteiger partial charge >= 0.3 is 0 Å². The molecule has 2 saturated heterocycles. The van der Waals surface area contributed by atoms with Gasteiger partial charge in [0.05, 0.1) is 0 Å². The Morgan fingerprint density at radius 3 is 2.57 bits per heavy atom. The van der Waals surface area contributed by atoms with Crippen molar-refractivity contribution < 1.29 is 0 Å². The van der Waals surface area contributed by atoms with E-state index in [4.69, 9.17) is 0 Å². The molecule has 150 valence electrons. The molecule has 0 spiro atoms. The molecule has 28 heavy (non-hydrogen) atoms. The van der Waals surface area contributed by atoms with Crippen molar-refractivity contribution in [3.8, 4) is 0 Å². The largest absolute Gasteiger partial charge is 0.347 e. The van der Waals surface area contributed by atoms with E-state index < -0.39 is 0 Å². The molecule has 1 aromatic carbocycles. The van der Waals surface area contributed by atoms with Gasteiger partial charge in [-0.15, -0.1) is 0 Å². The quantitative estimate of drug-likeness (QED) is 0.864. The molecule has 0 bridgehead atoms. The Balaban J connectivity index is 1.54. The lowest BCUT2D eigenvalue weighted by molar-refractivity contribution is 0.159. The Bertz CT molecular complexity index is 730. The van der Waals surface area contributed by atoms with Crippen LogP contribution in [-0.4, -0.2) is 53.6 Å². The minimum absolute atomic E-state index is 0.566. The van der Waals surface area contributed by atoms with Gasteiger partial charge in [0.25, 0.3) is 0 Å². The van der Waals surface area contributed by atoms with Gasteiger partial charge in [-0.2, -0.15) is 0 Å². The van der Waals surface area contributed by atoms with Crippen LogP contribution in [0.15, 0.2) is 42.7 Å². The fourth-order valence-corrected chi connectivity index (χ4v) is 4.82. The van der Waals surface area contributed by atoms with Crippen LogP contribution in [0, 0.1) is 0 Å². The number of likely N-dealkylation sites (tertiary alicyclic amines) is 1. The Hall–Kier alpha value is -1.98. The van der Waals surface area contributed by atoms with Crippen LogP contribution in [0.4, 0.5) is 5.95 Å². The van der Waals surface area contributed by atoms with Gasteiger partial charge in [-0.25, -0.2) is 9.97 Å². The van der Waals surface area contributed by atoms with E-state index in [0.29, 0.717) is 18.1 Å². The summed E-state index contributed by atoms with van der Waals surface area (Å²) in [4.78, 5) is 13.8. The van der Waals surface area contributed by atoms with Crippen LogP contribution in [0.3, 0.4) is 0 Å². The van der Waals surface area contributed by atoms with Gasteiger partial charge in [0.1, 0.15) is 0 Å². The first kappa shape index (κ1) is 19.3. The third-order valence-electron chi connectivity index (χ3n) is 6.24. The predicted octanol–water partition coefficient (Wildman–Crippen LogP) is 3.26. The van der Waals surface area contributed by atoms with Gasteiger partial charge in [0, 0.05) is 56.7 Å². The van der Waals surface area contributed by atoms with Gasteiger partial charge in [-0.1, -0.05) is 43.2 Å². The summed E-state index contributed by atoms with van der Waals surface area (Å²) in [5, 5.41) is 3.86. The first-order valence-electron chi connectivity index (χ1n) is 10.7. The SMILES string of the molecule is CN(C)c1ncc(CN2[C@H](Cc3ccccc3)C[C@@H]3NCCCCC[C@H]32)cn1. The Kier molecular flexibility index (Phi) is 6.23. The van der Waals surface area contributed by atoms with Gasteiger partial charge in [0.15, 0.2) is 0 Å². The summed E-state index contributed by atoms with van der Waals surface area (Å²) in [7, 11) is 3.96. The maximum atomic E-state index is 4.54. The van der Waals surface area contributed by atoms with Crippen molar-refractivity contribution in [1.29, 1.82) is 0 Å². The highest BCUT2D eigenvalue weighted by Gasteiger charge is 2.40. The minimum atomic E-state index is 0.566. The molecule has 4 rings (SSSR count). The smallest absolute Gasteiger partial charge is 0.224 e. The number of nitrogens with one attached hydrogen (secondary N) is 1. The molecule has 0 unspecified atom stereocenters. The molecule has 3 atom stereocenters. The van der Waals surface area contributed by atoms with Crippen LogP contribution in [0.25, 0.3) is 0 Å². The molecule has 3 heterocycles. The van der Waals surface area contributed by atoms with Crippen molar-refractivity contribution >= 4 is 5.95 Å². The molecule has 5 nitrogen and oxygen atoms in total. The Labute approximate surface area is 169 Å². The molecule has 0 amide bonds. The Morgan fingerprint density at radius 1 is 1.04 bits per heavy atom. The summed E-state index contributed by atoms with van der Waals surface area (Å²) >= 11 is 0. The van der Waals surface area contributed by atoms with Gasteiger partial charge < -0.3 is 10.2 Å². The molecule has 0 aliphatic carbocycles. The van der Waals surface area contributed by atoms with Crippen LogP contribution in [0.1, 0.15) is 43.2 Å². The zero-order valence-corrected chi connectivity index (χ0v) is 17.2. The summed E-state index contributed by atoms with van der Waals surface area (Å²) in [6, 6.07) is 12.7. The van der Waals surface area contributed by atoms with Crippen LogP contribution in [-0.2, 0) is 13.0 Å². The highest BCUT2D eigenvalue weighted by molar-refractivity contribution is 5.27. The second-order valence-corrected chi connectivity index (χ2v) is 8.51. The fraction of sp³-hybridized carbons (Fsp3) is 0.565. The lowest BCUT2D eigenvalue weighted by atomic mass is 9.98. The van der Waals surface area contributed by atoms with Crippen LogP contribution < -0.4 is 10.2 Å². The first-order valence-corrected chi connectivity index (χ1v) is 10.7. The maximum Gasteiger partial charge on any atom is 0.224 e. The third-order valence-corrected chi connectivity index (χ3v) is 6.24. The summed E-state index contributed by atoms with van der Waals surface area (Å²) in [6.45, 7) is 2.10. The monoisotopic (exact) mass is 379 g/mol. The third kappa shape index (κ3) is 4.53. The van der Waals surface area contributed by atoms with E-state index in [9.17, 15) is 0 Å². The number of benzene rings is 1. The standard InChI is InChI=1S/C23H33N5/c1-27(2)23-25-15-19(16-26-23)17-28-20(13-18-9-5-3-6-10-18)14-21-22(28)11-7-4-8-12-24-21/h3,5-6,9-10,15-16,20-22,24H,4,7-8,11-14,17H2,1-2H3/t20-,21+,22-/m1/s1. The average Bonchev–Trinajstić information content (AvgIpc) is 2.98. The molecule has 5 heteroatoms. The number of hydrogen-bond acceptors (Lipinski definition) is 5. The molecule has 2 aliphatic rings. The molecule has 2 aromatic rings. The van der Waals surface area contributed by atoms with E-state index in [1.54, 1.807) is 0 Å². The highest BCUT2D eigenvalue weighted by atomic mass is 15.3. The van der Waals surface area contributed by atoms with Crippen molar-refractivity contribution in [3.63, 3.8) is 0 Å². The number of hydrogen-bond donors (Lipinski definition) is 1. The lowest BCUT2D eigenvalue weighted by Gasteiger charge is -2.33. The van der Waals surface area contributed by atoms with Gasteiger partial charge in [0.2, 0.25) is 5.95 Å². The number of rotatable bonds is 5. The molecule has 1 aromatic heterocycles. The number of aromatic nitrogens is 2. The van der Waals surface area contributed by atoms with Gasteiger partial charge in [-0.3, -0.25) is 4.90 Å². The second kappa shape index (κ2) is 9.01. The van der Waals surface area contributed by atoms with Crippen molar-refractivity contribution in [3.05, 3.63) is 53.9 Å². The number of anilines is 1. The molecule has 2 aliphatic heterocycles. The molecule has 0 radical (unpaired) electrons. The minimum Gasteiger partial charge on any atom is -0.347 e. The summed E-state index contributed by atoms with van der Waals surface area (Å²) in [5.41, 5.74) is 2.65. The molecular formula is C23H33N5. The van der Waals surface area contributed by atoms with E-state index in [2.05, 4.69) is 50.5 Å². The lowest BCUT2D eigenvalue weighted by Crippen LogP contribution is -2.44. The summed E-state index contributed by atoms with van der Waals surface area (Å²) in [6.07, 6.45) is 11.6.